The summed E-state index contributed by atoms with van der Waals surface area (Å²) in [4.78, 5) is 29.0. The number of hydrogen-bond acceptors (Lipinski definition) is 4. The largest absolute Gasteiger partial charge is 0.467 e. The first-order chi connectivity index (χ1) is 12.2. The van der Waals surface area contributed by atoms with Crippen molar-refractivity contribution in [1.82, 2.24) is 10.3 Å². The number of nitrogens with one attached hydrogen (secondary N) is 1. The van der Waals surface area contributed by atoms with Crippen LogP contribution in [0.5, 0.6) is 0 Å². The normalized spacial score (nSPS) is 11.7. The molecule has 0 radical (unpaired) electrons. The predicted octanol–water partition coefficient (Wildman–Crippen LogP) is 2.75. The Labute approximate surface area is 145 Å². The molecule has 0 aliphatic rings. The minimum Gasteiger partial charge on any atom is -0.467 e. The first-order valence-electron chi connectivity index (χ1n) is 7.95. The number of pyridine rings is 1. The summed E-state index contributed by atoms with van der Waals surface area (Å²) in [6.07, 6.45) is 1.94. The van der Waals surface area contributed by atoms with Crippen LogP contribution in [0.15, 0.2) is 66.9 Å². The van der Waals surface area contributed by atoms with Crippen LogP contribution in [0, 0.1) is 0 Å². The number of hydrogen-bond donors (Lipinski definition) is 1. The number of methoxy groups -OCH3 is 1. The van der Waals surface area contributed by atoms with E-state index in [9.17, 15) is 9.59 Å². The van der Waals surface area contributed by atoms with E-state index in [1.54, 1.807) is 6.20 Å². The molecule has 0 saturated carbocycles. The fourth-order valence-electron chi connectivity index (χ4n) is 2.71. The molecule has 0 aliphatic carbocycles. The maximum absolute atomic E-state index is 12.7. The lowest BCUT2D eigenvalue weighted by Gasteiger charge is -2.17. The zero-order valence-electron chi connectivity index (χ0n) is 13.8. The smallest absolute Gasteiger partial charge is 0.328 e. The molecule has 0 unspecified atom stereocenters. The highest BCUT2D eigenvalue weighted by Gasteiger charge is 2.24. The molecule has 1 aromatic heterocycles. The number of rotatable bonds is 5. The monoisotopic (exact) mass is 334 g/mol. The van der Waals surface area contributed by atoms with Gasteiger partial charge >= 0.3 is 5.97 Å². The van der Waals surface area contributed by atoms with E-state index in [0.717, 1.165) is 16.3 Å². The molecular weight excluding hydrogens is 316 g/mol. The predicted molar refractivity (Wildman–Crippen MR) is 95.2 cm³/mol. The number of benzene rings is 2. The summed E-state index contributed by atoms with van der Waals surface area (Å²) in [7, 11) is 1.31. The summed E-state index contributed by atoms with van der Waals surface area (Å²) >= 11 is 0. The van der Waals surface area contributed by atoms with Crippen LogP contribution in [0.4, 0.5) is 0 Å². The molecule has 126 valence electrons. The molecule has 1 N–H and O–H groups in total. The second-order valence-electron chi connectivity index (χ2n) is 5.62. The summed E-state index contributed by atoms with van der Waals surface area (Å²) in [6.45, 7) is 0. The Kier molecular flexibility index (Phi) is 5.04. The molecule has 0 spiro atoms. The van der Waals surface area contributed by atoms with E-state index in [4.69, 9.17) is 4.74 Å². The van der Waals surface area contributed by atoms with Gasteiger partial charge in [0.15, 0.2) is 0 Å². The molecule has 3 rings (SSSR count). The third-order valence-electron chi connectivity index (χ3n) is 3.96. The molecular formula is C20H18N2O3. The molecule has 1 amide bonds. The third-order valence-corrected chi connectivity index (χ3v) is 3.96. The quantitative estimate of drug-likeness (QED) is 0.729. The number of carbonyl (C=O) groups excluding carboxylic acids is 2. The van der Waals surface area contributed by atoms with Gasteiger partial charge < -0.3 is 10.1 Å². The number of esters is 1. The maximum atomic E-state index is 12.7. The second kappa shape index (κ2) is 7.57. The van der Waals surface area contributed by atoms with Crippen LogP contribution in [0.1, 0.15) is 16.1 Å². The number of amides is 1. The molecule has 25 heavy (non-hydrogen) atoms. The van der Waals surface area contributed by atoms with Crippen molar-refractivity contribution in [1.29, 1.82) is 0 Å². The molecule has 2 aromatic carbocycles. The first kappa shape index (κ1) is 16.6. The van der Waals surface area contributed by atoms with Gasteiger partial charge in [-0.25, -0.2) is 4.79 Å². The fourth-order valence-corrected chi connectivity index (χ4v) is 2.71. The molecule has 0 aliphatic heterocycles. The molecule has 5 nitrogen and oxygen atoms in total. The minimum atomic E-state index is -0.777. The first-order valence-corrected chi connectivity index (χ1v) is 7.95. The summed E-state index contributed by atoms with van der Waals surface area (Å²) in [5.41, 5.74) is 1.23. The number of nitrogens with zero attached hydrogens (tertiary/aromatic N) is 1. The summed E-state index contributed by atoms with van der Waals surface area (Å²) in [5, 5.41) is 4.41. The summed E-state index contributed by atoms with van der Waals surface area (Å²) in [6, 6.07) is 18.0. The highest BCUT2D eigenvalue weighted by molar-refractivity contribution is 6.06. The van der Waals surface area contributed by atoms with Gasteiger partial charge in [-0.05, 0) is 17.0 Å². The van der Waals surface area contributed by atoms with Crippen molar-refractivity contribution in [2.45, 2.75) is 12.5 Å². The lowest BCUT2D eigenvalue weighted by molar-refractivity contribution is -0.142. The number of carbonyl (C=O) groups is 2. The van der Waals surface area contributed by atoms with Gasteiger partial charge in [0.05, 0.1) is 7.11 Å². The van der Waals surface area contributed by atoms with Crippen molar-refractivity contribution in [3.8, 4) is 0 Å². The van der Waals surface area contributed by atoms with E-state index in [-0.39, 0.29) is 0 Å². The van der Waals surface area contributed by atoms with Crippen LogP contribution in [-0.2, 0) is 16.0 Å². The van der Waals surface area contributed by atoms with Crippen LogP contribution >= 0.6 is 0 Å². The van der Waals surface area contributed by atoms with Gasteiger partial charge in [-0.1, -0.05) is 54.6 Å². The Morgan fingerprint density at radius 3 is 2.52 bits per heavy atom. The molecule has 3 aromatic rings. The lowest BCUT2D eigenvalue weighted by Crippen LogP contribution is -2.43. The van der Waals surface area contributed by atoms with Gasteiger partial charge in [0, 0.05) is 18.0 Å². The van der Waals surface area contributed by atoms with Crippen molar-refractivity contribution in [2.75, 3.05) is 7.11 Å². The zero-order chi connectivity index (χ0) is 17.6. The Balaban J connectivity index is 1.85. The van der Waals surface area contributed by atoms with Crippen molar-refractivity contribution in [3.05, 3.63) is 78.1 Å². The van der Waals surface area contributed by atoms with E-state index >= 15 is 0 Å². The highest BCUT2D eigenvalue weighted by atomic mass is 16.5. The van der Waals surface area contributed by atoms with Crippen molar-refractivity contribution < 1.29 is 14.3 Å². The topological polar surface area (TPSA) is 68.3 Å². The number of aromatic nitrogens is 1. The molecule has 5 heteroatoms. The SMILES string of the molecule is COC(=O)[C@H](Cc1ccccc1)NC(=O)c1nccc2ccccc12. The van der Waals surface area contributed by atoms with Gasteiger partial charge in [-0.3, -0.25) is 9.78 Å². The number of fused-ring (bicyclic) bond motifs is 1. The Morgan fingerprint density at radius 1 is 1.04 bits per heavy atom. The van der Waals surface area contributed by atoms with Crippen LogP contribution in [0.2, 0.25) is 0 Å². The van der Waals surface area contributed by atoms with Crippen LogP contribution < -0.4 is 5.32 Å². The van der Waals surface area contributed by atoms with E-state index in [0.29, 0.717) is 12.1 Å². The van der Waals surface area contributed by atoms with E-state index in [2.05, 4.69) is 10.3 Å². The average molecular weight is 334 g/mol. The van der Waals surface area contributed by atoms with Crippen molar-refractivity contribution in [2.24, 2.45) is 0 Å². The highest BCUT2D eigenvalue weighted by Crippen LogP contribution is 2.16. The van der Waals surface area contributed by atoms with E-state index in [1.807, 2.05) is 60.7 Å². The van der Waals surface area contributed by atoms with Crippen LogP contribution in [0.3, 0.4) is 0 Å². The van der Waals surface area contributed by atoms with Gasteiger partial charge in [-0.2, -0.15) is 0 Å². The maximum Gasteiger partial charge on any atom is 0.328 e. The van der Waals surface area contributed by atoms with Crippen LogP contribution in [0.25, 0.3) is 10.8 Å². The van der Waals surface area contributed by atoms with Gasteiger partial charge in [0.1, 0.15) is 11.7 Å². The summed E-state index contributed by atoms with van der Waals surface area (Å²) in [5.74, 6) is -0.888. The Bertz CT molecular complexity index is 888. The Hall–Kier alpha value is -3.21. The van der Waals surface area contributed by atoms with E-state index < -0.39 is 17.9 Å². The Morgan fingerprint density at radius 2 is 1.76 bits per heavy atom. The number of ether oxygens (including phenoxy) is 1. The lowest BCUT2D eigenvalue weighted by atomic mass is 10.1. The molecule has 0 saturated heterocycles. The molecule has 1 atom stereocenters. The second-order valence-corrected chi connectivity index (χ2v) is 5.62. The third kappa shape index (κ3) is 3.83. The molecule has 1 heterocycles. The minimum absolute atomic E-state index is 0.292. The summed E-state index contributed by atoms with van der Waals surface area (Å²) < 4.78 is 4.83. The van der Waals surface area contributed by atoms with E-state index in [1.165, 1.54) is 7.11 Å². The van der Waals surface area contributed by atoms with Crippen molar-refractivity contribution >= 4 is 22.6 Å². The standard InChI is InChI=1S/C20H18N2O3/c1-25-20(24)17(13-14-7-3-2-4-8-14)22-19(23)18-16-10-6-5-9-15(16)11-12-21-18/h2-12,17H,13H2,1H3,(H,22,23)/t17-/m0/s1. The van der Waals surface area contributed by atoms with Crippen LogP contribution in [-0.4, -0.2) is 30.0 Å². The zero-order valence-corrected chi connectivity index (χ0v) is 13.8. The van der Waals surface area contributed by atoms with Crippen molar-refractivity contribution in [3.63, 3.8) is 0 Å². The van der Waals surface area contributed by atoms with Gasteiger partial charge in [0.2, 0.25) is 0 Å². The average Bonchev–Trinajstić information content (AvgIpc) is 2.67. The molecule has 0 fully saturated rings. The van der Waals surface area contributed by atoms with Gasteiger partial charge in [0.25, 0.3) is 5.91 Å². The van der Waals surface area contributed by atoms with Gasteiger partial charge in [-0.15, -0.1) is 0 Å². The fraction of sp³-hybridized carbons (Fsp3) is 0.150. The molecule has 0 bridgehead atoms.